The van der Waals surface area contributed by atoms with E-state index in [1.165, 1.54) is 26.9 Å². The third-order valence-corrected chi connectivity index (χ3v) is 10.7. The number of para-hydroxylation sites is 1. The van der Waals surface area contributed by atoms with Crippen LogP contribution in [0.3, 0.4) is 0 Å². The van der Waals surface area contributed by atoms with Gasteiger partial charge in [-0.25, -0.2) is 15.0 Å². The van der Waals surface area contributed by atoms with Crippen LogP contribution in [-0.4, -0.2) is 15.0 Å². The molecular formula is C51H31N3O. The summed E-state index contributed by atoms with van der Waals surface area (Å²) in [6, 6.07) is 65.8. The van der Waals surface area contributed by atoms with Crippen molar-refractivity contribution in [3.8, 4) is 56.4 Å². The predicted octanol–water partition coefficient (Wildman–Crippen LogP) is 13.6. The van der Waals surface area contributed by atoms with E-state index in [1.54, 1.807) is 0 Å². The Bertz CT molecular complexity index is 3200. The van der Waals surface area contributed by atoms with Crippen LogP contribution in [0.25, 0.3) is 111 Å². The van der Waals surface area contributed by atoms with Crippen molar-refractivity contribution in [2.24, 2.45) is 0 Å². The Balaban J connectivity index is 1.04. The molecule has 0 unspecified atom stereocenters. The average Bonchev–Trinajstić information content (AvgIpc) is 3.65. The fourth-order valence-electron chi connectivity index (χ4n) is 8.05. The molecule has 55 heavy (non-hydrogen) atoms. The number of benzene rings is 9. The highest BCUT2D eigenvalue weighted by atomic mass is 16.3. The molecule has 0 aliphatic rings. The zero-order valence-corrected chi connectivity index (χ0v) is 29.6. The monoisotopic (exact) mass is 701 g/mol. The lowest BCUT2D eigenvalue weighted by molar-refractivity contribution is 0.673. The van der Waals surface area contributed by atoms with Gasteiger partial charge in [-0.1, -0.05) is 164 Å². The molecule has 0 aliphatic carbocycles. The summed E-state index contributed by atoms with van der Waals surface area (Å²) in [7, 11) is 0. The maximum absolute atomic E-state index is 6.56. The SMILES string of the molecule is c1ccc(-c2nc(-c3ccccc3)nc(-c3ccccc3-c3cccc(-c4ccc5c(ccc6ccc7ccc8c9ccccc9oc8c7c65)c4)c3)n2)cc1. The Kier molecular flexibility index (Phi) is 7.14. The molecule has 2 aromatic heterocycles. The Labute approximate surface area is 317 Å². The molecule has 0 saturated heterocycles. The van der Waals surface area contributed by atoms with Crippen LogP contribution >= 0.6 is 0 Å². The van der Waals surface area contributed by atoms with Gasteiger partial charge >= 0.3 is 0 Å². The van der Waals surface area contributed by atoms with Crippen molar-refractivity contribution < 1.29 is 4.42 Å². The zero-order valence-electron chi connectivity index (χ0n) is 29.6. The molecule has 0 aliphatic heterocycles. The molecule has 4 nitrogen and oxygen atoms in total. The summed E-state index contributed by atoms with van der Waals surface area (Å²) >= 11 is 0. The van der Waals surface area contributed by atoms with Crippen LogP contribution in [0.5, 0.6) is 0 Å². The van der Waals surface area contributed by atoms with E-state index in [1.807, 2.05) is 72.8 Å². The van der Waals surface area contributed by atoms with Gasteiger partial charge in [-0.05, 0) is 68.1 Å². The first-order valence-electron chi connectivity index (χ1n) is 18.5. The molecule has 11 aromatic rings. The molecular weight excluding hydrogens is 671 g/mol. The van der Waals surface area contributed by atoms with Crippen molar-refractivity contribution in [2.75, 3.05) is 0 Å². The van der Waals surface area contributed by atoms with Crippen LogP contribution in [0.15, 0.2) is 192 Å². The Hall–Kier alpha value is -7.43. The number of aromatic nitrogens is 3. The summed E-state index contributed by atoms with van der Waals surface area (Å²) in [5.74, 6) is 1.92. The smallest absolute Gasteiger partial charge is 0.164 e. The molecule has 0 amide bonds. The van der Waals surface area contributed by atoms with Gasteiger partial charge in [0.1, 0.15) is 11.2 Å². The van der Waals surface area contributed by atoms with Crippen LogP contribution in [-0.2, 0) is 0 Å². The fraction of sp³-hybridized carbons (Fsp3) is 0. The molecule has 0 N–H and O–H groups in total. The summed E-state index contributed by atoms with van der Waals surface area (Å²) in [5, 5.41) is 9.43. The molecule has 9 aromatic carbocycles. The quantitative estimate of drug-likeness (QED) is 0.168. The minimum atomic E-state index is 0.636. The van der Waals surface area contributed by atoms with Crippen molar-refractivity contribution in [1.82, 2.24) is 15.0 Å². The number of rotatable bonds is 5. The molecule has 0 saturated carbocycles. The lowest BCUT2D eigenvalue weighted by atomic mass is 9.92. The van der Waals surface area contributed by atoms with Crippen LogP contribution in [0, 0.1) is 0 Å². The third-order valence-electron chi connectivity index (χ3n) is 10.7. The summed E-state index contributed by atoms with van der Waals surface area (Å²) < 4.78 is 6.56. The van der Waals surface area contributed by atoms with Gasteiger partial charge in [-0.15, -0.1) is 0 Å². The first-order chi connectivity index (χ1) is 27.2. The van der Waals surface area contributed by atoms with Gasteiger partial charge < -0.3 is 4.42 Å². The van der Waals surface area contributed by atoms with Crippen LogP contribution < -0.4 is 0 Å². The van der Waals surface area contributed by atoms with Crippen molar-refractivity contribution in [1.29, 1.82) is 0 Å². The van der Waals surface area contributed by atoms with Crippen molar-refractivity contribution in [2.45, 2.75) is 0 Å². The van der Waals surface area contributed by atoms with Gasteiger partial charge in [0.25, 0.3) is 0 Å². The van der Waals surface area contributed by atoms with E-state index in [-0.39, 0.29) is 0 Å². The minimum absolute atomic E-state index is 0.636. The van der Waals surface area contributed by atoms with Crippen LogP contribution in [0.1, 0.15) is 0 Å². The summed E-state index contributed by atoms with van der Waals surface area (Å²) in [5.41, 5.74) is 9.13. The molecule has 0 spiro atoms. The number of hydrogen-bond donors (Lipinski definition) is 0. The highest BCUT2D eigenvalue weighted by molar-refractivity contribution is 6.28. The van der Waals surface area contributed by atoms with Gasteiger partial charge in [0.15, 0.2) is 17.5 Å². The molecule has 256 valence electrons. The second-order valence-electron chi connectivity index (χ2n) is 14.0. The minimum Gasteiger partial charge on any atom is -0.455 e. The summed E-state index contributed by atoms with van der Waals surface area (Å²) in [6.07, 6.45) is 0. The number of nitrogens with zero attached hydrogens (tertiary/aromatic N) is 3. The molecule has 2 heterocycles. The third kappa shape index (κ3) is 5.26. The lowest BCUT2D eigenvalue weighted by Gasteiger charge is -2.13. The van der Waals surface area contributed by atoms with E-state index in [0.717, 1.165) is 66.3 Å². The molecule has 0 bridgehead atoms. The van der Waals surface area contributed by atoms with Crippen LogP contribution in [0.4, 0.5) is 0 Å². The highest BCUT2D eigenvalue weighted by Crippen LogP contribution is 2.41. The Morgan fingerprint density at radius 1 is 0.309 bits per heavy atom. The molecule has 0 atom stereocenters. The van der Waals surface area contributed by atoms with Gasteiger partial charge in [0, 0.05) is 38.2 Å². The van der Waals surface area contributed by atoms with Gasteiger partial charge in [0.2, 0.25) is 0 Å². The highest BCUT2D eigenvalue weighted by Gasteiger charge is 2.17. The Morgan fingerprint density at radius 2 is 0.855 bits per heavy atom. The molecule has 11 rings (SSSR count). The number of hydrogen-bond acceptors (Lipinski definition) is 4. The van der Waals surface area contributed by atoms with E-state index in [9.17, 15) is 0 Å². The second-order valence-corrected chi connectivity index (χ2v) is 14.0. The topological polar surface area (TPSA) is 51.8 Å². The molecule has 0 radical (unpaired) electrons. The fourth-order valence-corrected chi connectivity index (χ4v) is 8.05. The maximum Gasteiger partial charge on any atom is 0.164 e. The van der Waals surface area contributed by atoms with Gasteiger partial charge in [-0.3, -0.25) is 0 Å². The van der Waals surface area contributed by atoms with Gasteiger partial charge in [0.05, 0.1) is 0 Å². The summed E-state index contributed by atoms with van der Waals surface area (Å²) in [4.78, 5) is 15.0. The van der Waals surface area contributed by atoms with E-state index >= 15 is 0 Å². The van der Waals surface area contributed by atoms with E-state index in [4.69, 9.17) is 19.4 Å². The molecule has 0 fully saturated rings. The van der Waals surface area contributed by atoms with Gasteiger partial charge in [-0.2, -0.15) is 0 Å². The van der Waals surface area contributed by atoms with E-state index in [0.29, 0.717) is 17.5 Å². The van der Waals surface area contributed by atoms with E-state index in [2.05, 4.69) is 115 Å². The van der Waals surface area contributed by atoms with Crippen molar-refractivity contribution in [3.05, 3.63) is 188 Å². The standard InChI is InChI=1S/C51H31N3O/c1-3-12-34(13-4-1)49-52-50(35-14-5-2-6-15-35)54-51(53-49)44-20-8-7-18-40(44)38-17-11-16-36(30-38)37-27-28-41-39(31-37)25-24-32-22-23-33-26-29-43-42-19-9-10-21-45(42)55-48(43)47(33)46(32)41/h1-31H. The first-order valence-corrected chi connectivity index (χ1v) is 18.5. The number of fused-ring (bicyclic) bond motifs is 9. The summed E-state index contributed by atoms with van der Waals surface area (Å²) in [6.45, 7) is 0. The zero-order chi connectivity index (χ0) is 36.3. The molecule has 4 heteroatoms. The lowest BCUT2D eigenvalue weighted by Crippen LogP contribution is -2.01. The van der Waals surface area contributed by atoms with Crippen LogP contribution in [0.2, 0.25) is 0 Å². The Morgan fingerprint density at radius 3 is 1.62 bits per heavy atom. The van der Waals surface area contributed by atoms with E-state index < -0.39 is 0 Å². The second kappa shape index (κ2) is 12.6. The first kappa shape index (κ1) is 31.1. The number of furan rings is 1. The maximum atomic E-state index is 6.56. The largest absolute Gasteiger partial charge is 0.455 e. The van der Waals surface area contributed by atoms with Crippen molar-refractivity contribution in [3.63, 3.8) is 0 Å². The predicted molar refractivity (Wildman–Crippen MR) is 227 cm³/mol. The normalized spacial score (nSPS) is 11.6. The average molecular weight is 702 g/mol. The van der Waals surface area contributed by atoms with Crippen molar-refractivity contribution >= 4 is 54.3 Å².